The van der Waals surface area contributed by atoms with Gasteiger partial charge in [-0.05, 0) is 54.0 Å². The maximum Gasteiger partial charge on any atom is 0.411 e. The second-order valence-corrected chi connectivity index (χ2v) is 8.16. The van der Waals surface area contributed by atoms with Crippen LogP contribution in [0.15, 0.2) is 0 Å². The highest BCUT2D eigenvalue weighted by molar-refractivity contribution is 5.86. The number of ether oxygens (including phenoxy) is 1. The second kappa shape index (κ2) is 7.30. The number of carbonyl (C=O) groups excluding carboxylic acids is 2. The van der Waals surface area contributed by atoms with Crippen LogP contribution in [-0.4, -0.2) is 77.1 Å². The number of piperazine rings is 1. The summed E-state index contributed by atoms with van der Waals surface area (Å²) in [6.45, 7) is 12.1. The molecule has 0 saturated carbocycles. The molecular formula is C18H33N3O3. The van der Waals surface area contributed by atoms with Crippen molar-refractivity contribution in [2.24, 2.45) is 0 Å². The summed E-state index contributed by atoms with van der Waals surface area (Å²) in [5.41, 5.74) is -0.548. The Kier molecular flexibility index (Phi) is 5.78. The third-order valence-corrected chi connectivity index (χ3v) is 5.13. The Morgan fingerprint density at radius 1 is 1.17 bits per heavy atom. The molecule has 24 heavy (non-hydrogen) atoms. The molecule has 6 heteroatoms. The SMILES string of the molecule is CC[C@H]1CC[C@@H](C(=O)N2CCN(C)[C@H](C)C2)N1C(=O)OC(C)(C)C. The van der Waals surface area contributed by atoms with Gasteiger partial charge in [0, 0.05) is 31.7 Å². The molecule has 0 spiro atoms. The molecule has 0 radical (unpaired) electrons. The van der Waals surface area contributed by atoms with Crippen molar-refractivity contribution >= 4 is 12.0 Å². The molecule has 138 valence electrons. The van der Waals surface area contributed by atoms with Crippen LogP contribution < -0.4 is 0 Å². The van der Waals surface area contributed by atoms with E-state index in [1.807, 2.05) is 25.7 Å². The van der Waals surface area contributed by atoms with Gasteiger partial charge in [-0.3, -0.25) is 9.69 Å². The highest BCUT2D eigenvalue weighted by Crippen LogP contribution is 2.30. The molecule has 0 unspecified atom stereocenters. The first-order valence-corrected chi connectivity index (χ1v) is 9.14. The number of hydrogen-bond acceptors (Lipinski definition) is 4. The lowest BCUT2D eigenvalue weighted by Gasteiger charge is -2.40. The van der Waals surface area contributed by atoms with Crippen LogP contribution in [0.25, 0.3) is 0 Å². The van der Waals surface area contributed by atoms with Crippen molar-refractivity contribution in [1.29, 1.82) is 0 Å². The average Bonchev–Trinajstić information content (AvgIpc) is 2.91. The third kappa shape index (κ3) is 4.21. The van der Waals surface area contributed by atoms with Crippen molar-refractivity contribution in [3.63, 3.8) is 0 Å². The summed E-state index contributed by atoms with van der Waals surface area (Å²) < 4.78 is 5.57. The Hall–Kier alpha value is -1.30. The van der Waals surface area contributed by atoms with Crippen LogP contribution >= 0.6 is 0 Å². The number of rotatable bonds is 2. The van der Waals surface area contributed by atoms with E-state index in [0.717, 1.165) is 38.9 Å². The number of nitrogens with zero attached hydrogens (tertiary/aromatic N) is 3. The van der Waals surface area contributed by atoms with Crippen molar-refractivity contribution in [1.82, 2.24) is 14.7 Å². The van der Waals surface area contributed by atoms with E-state index in [1.54, 1.807) is 4.90 Å². The molecule has 2 rings (SSSR count). The van der Waals surface area contributed by atoms with Gasteiger partial charge in [0.1, 0.15) is 11.6 Å². The lowest BCUT2D eigenvalue weighted by molar-refractivity contribution is -0.139. The summed E-state index contributed by atoms with van der Waals surface area (Å²) in [4.78, 5) is 31.6. The van der Waals surface area contributed by atoms with E-state index in [2.05, 4.69) is 25.8 Å². The Morgan fingerprint density at radius 2 is 1.83 bits per heavy atom. The molecule has 0 aromatic rings. The molecule has 2 amide bonds. The largest absolute Gasteiger partial charge is 0.444 e. The van der Waals surface area contributed by atoms with Gasteiger partial charge in [0.15, 0.2) is 0 Å². The molecule has 2 fully saturated rings. The highest BCUT2D eigenvalue weighted by Gasteiger charge is 2.44. The van der Waals surface area contributed by atoms with Crippen molar-refractivity contribution in [3.8, 4) is 0 Å². The van der Waals surface area contributed by atoms with Crippen LogP contribution in [0.1, 0.15) is 53.9 Å². The Morgan fingerprint density at radius 3 is 2.38 bits per heavy atom. The first-order valence-electron chi connectivity index (χ1n) is 9.14. The van der Waals surface area contributed by atoms with Crippen LogP contribution in [0, 0.1) is 0 Å². The fraction of sp³-hybridized carbons (Fsp3) is 0.889. The van der Waals surface area contributed by atoms with Gasteiger partial charge in [-0.1, -0.05) is 6.92 Å². The molecule has 2 aliphatic rings. The lowest BCUT2D eigenvalue weighted by Crippen LogP contribution is -2.57. The minimum absolute atomic E-state index is 0.0803. The molecule has 3 atom stereocenters. The molecule has 2 aliphatic heterocycles. The third-order valence-electron chi connectivity index (χ3n) is 5.13. The van der Waals surface area contributed by atoms with Crippen LogP contribution in [0.2, 0.25) is 0 Å². The first-order chi connectivity index (χ1) is 11.1. The van der Waals surface area contributed by atoms with E-state index in [4.69, 9.17) is 4.74 Å². The van der Waals surface area contributed by atoms with Crippen molar-refractivity contribution < 1.29 is 14.3 Å². The predicted molar refractivity (Wildman–Crippen MR) is 93.8 cm³/mol. The van der Waals surface area contributed by atoms with E-state index in [0.29, 0.717) is 6.04 Å². The van der Waals surface area contributed by atoms with Crippen molar-refractivity contribution in [2.75, 3.05) is 26.7 Å². The quantitative estimate of drug-likeness (QED) is 0.775. The van der Waals surface area contributed by atoms with Gasteiger partial charge in [0.2, 0.25) is 5.91 Å². The summed E-state index contributed by atoms with van der Waals surface area (Å²) >= 11 is 0. The van der Waals surface area contributed by atoms with E-state index >= 15 is 0 Å². The van der Waals surface area contributed by atoms with Crippen LogP contribution in [0.4, 0.5) is 4.79 Å². The zero-order valence-electron chi connectivity index (χ0n) is 16.0. The fourth-order valence-corrected chi connectivity index (χ4v) is 3.58. The standard InChI is InChI=1S/C18H33N3O3/c1-7-14-8-9-15(21(14)17(23)24-18(3,4)5)16(22)20-11-10-19(6)13(2)12-20/h13-15H,7-12H2,1-6H3/t13-,14+,15+/m1/s1. The molecule has 0 N–H and O–H groups in total. The molecular weight excluding hydrogens is 306 g/mol. The summed E-state index contributed by atoms with van der Waals surface area (Å²) in [7, 11) is 2.09. The fourth-order valence-electron chi connectivity index (χ4n) is 3.58. The monoisotopic (exact) mass is 339 g/mol. The average molecular weight is 339 g/mol. The number of likely N-dealkylation sites (tertiary alicyclic amines) is 1. The molecule has 0 bridgehead atoms. The van der Waals surface area contributed by atoms with Gasteiger partial charge < -0.3 is 14.5 Å². The summed E-state index contributed by atoms with van der Waals surface area (Å²) in [5, 5.41) is 0. The minimum Gasteiger partial charge on any atom is -0.444 e. The van der Waals surface area contributed by atoms with Gasteiger partial charge >= 0.3 is 6.09 Å². The summed E-state index contributed by atoms with van der Waals surface area (Å²) in [6, 6.07) is 0.0696. The molecule has 0 aromatic heterocycles. The van der Waals surface area contributed by atoms with E-state index in [1.165, 1.54) is 0 Å². The zero-order valence-corrected chi connectivity index (χ0v) is 16.0. The first kappa shape index (κ1) is 19.0. The second-order valence-electron chi connectivity index (χ2n) is 8.16. The van der Waals surface area contributed by atoms with Crippen LogP contribution in [-0.2, 0) is 9.53 Å². The highest BCUT2D eigenvalue weighted by atomic mass is 16.6. The number of likely N-dealkylation sites (N-methyl/N-ethyl adjacent to an activating group) is 1. The van der Waals surface area contributed by atoms with Gasteiger partial charge in [0.25, 0.3) is 0 Å². The molecule has 0 aliphatic carbocycles. The van der Waals surface area contributed by atoms with E-state index in [9.17, 15) is 9.59 Å². The van der Waals surface area contributed by atoms with Gasteiger partial charge in [0.05, 0.1) is 0 Å². The lowest BCUT2D eigenvalue weighted by atomic mass is 10.1. The number of hydrogen-bond donors (Lipinski definition) is 0. The maximum atomic E-state index is 13.1. The Bertz CT molecular complexity index is 475. The normalized spacial score (nSPS) is 29.0. The Balaban J connectivity index is 2.12. The zero-order chi connectivity index (χ0) is 18.1. The van der Waals surface area contributed by atoms with Crippen LogP contribution in [0.5, 0.6) is 0 Å². The maximum absolute atomic E-state index is 13.1. The Labute approximate surface area is 146 Å². The molecule has 0 aromatic carbocycles. The summed E-state index contributed by atoms with van der Waals surface area (Å²) in [6.07, 6.45) is 2.10. The molecule has 2 heterocycles. The van der Waals surface area contributed by atoms with Gasteiger partial charge in [-0.15, -0.1) is 0 Å². The predicted octanol–water partition coefficient (Wildman–Crippen LogP) is 2.33. The number of amides is 2. The van der Waals surface area contributed by atoms with E-state index < -0.39 is 5.60 Å². The topological polar surface area (TPSA) is 53.1 Å². The summed E-state index contributed by atoms with van der Waals surface area (Å²) in [5.74, 6) is 0.0803. The van der Waals surface area contributed by atoms with Gasteiger partial charge in [-0.25, -0.2) is 4.79 Å². The minimum atomic E-state index is -0.548. The molecule has 6 nitrogen and oxygen atoms in total. The van der Waals surface area contributed by atoms with Crippen molar-refractivity contribution in [3.05, 3.63) is 0 Å². The van der Waals surface area contributed by atoms with E-state index in [-0.39, 0.29) is 24.1 Å². The van der Waals surface area contributed by atoms with Crippen molar-refractivity contribution in [2.45, 2.75) is 77.6 Å². The van der Waals surface area contributed by atoms with Gasteiger partial charge in [-0.2, -0.15) is 0 Å². The smallest absolute Gasteiger partial charge is 0.411 e. The molecule has 2 saturated heterocycles. The number of carbonyl (C=O) groups is 2. The van der Waals surface area contributed by atoms with Crippen LogP contribution in [0.3, 0.4) is 0 Å².